The van der Waals surface area contributed by atoms with Crippen LogP contribution >= 0.6 is 0 Å². The maximum Gasteiger partial charge on any atom is 0.235 e. The summed E-state index contributed by atoms with van der Waals surface area (Å²) in [5.41, 5.74) is 2.17. The highest BCUT2D eigenvalue weighted by atomic mass is 16.2. The predicted molar refractivity (Wildman–Crippen MR) is 70.8 cm³/mol. The Hall–Kier alpha value is -1.57. The van der Waals surface area contributed by atoms with E-state index in [1.165, 1.54) is 25.0 Å². The maximum atomic E-state index is 11.9. The molecule has 1 aromatic carbocycles. The van der Waals surface area contributed by atoms with Crippen molar-refractivity contribution in [3.63, 3.8) is 0 Å². The van der Waals surface area contributed by atoms with Gasteiger partial charge in [0.25, 0.3) is 0 Å². The van der Waals surface area contributed by atoms with Crippen LogP contribution in [0.3, 0.4) is 0 Å². The minimum absolute atomic E-state index is 0.197. The first kappa shape index (κ1) is 11.9. The molecule has 0 bridgehead atoms. The molecule has 2 nitrogen and oxygen atoms in total. The number of anilines is 1. The van der Waals surface area contributed by atoms with E-state index in [1.54, 1.807) is 0 Å². The third kappa shape index (κ3) is 2.76. The number of nitrogens with zero attached hydrogens (tertiary/aromatic N) is 1. The summed E-state index contributed by atoms with van der Waals surface area (Å²) in [6, 6.07) is 9.92. The van der Waals surface area contributed by atoms with E-state index in [-0.39, 0.29) is 5.91 Å². The molecule has 0 spiro atoms. The van der Waals surface area contributed by atoms with Crippen LogP contribution in [0.5, 0.6) is 0 Å². The quantitative estimate of drug-likeness (QED) is 0.701. The molecule has 2 rings (SSSR count). The van der Waals surface area contributed by atoms with E-state index < -0.39 is 0 Å². The van der Waals surface area contributed by atoms with Crippen molar-refractivity contribution in [1.82, 2.24) is 0 Å². The summed E-state index contributed by atoms with van der Waals surface area (Å²) in [6.45, 7) is 2.20. The second kappa shape index (κ2) is 5.67. The molecule has 0 aliphatic carbocycles. The van der Waals surface area contributed by atoms with Crippen molar-refractivity contribution in [2.24, 2.45) is 0 Å². The highest BCUT2D eigenvalue weighted by molar-refractivity contribution is 6.00. The second-order valence-electron chi connectivity index (χ2n) is 4.42. The fourth-order valence-corrected chi connectivity index (χ4v) is 2.20. The first-order valence-corrected chi connectivity index (χ1v) is 6.40. The molecule has 1 aromatic rings. The van der Waals surface area contributed by atoms with Crippen LogP contribution < -0.4 is 4.90 Å². The van der Waals surface area contributed by atoms with E-state index in [0.29, 0.717) is 6.42 Å². The number of rotatable bonds is 5. The third-order valence-electron chi connectivity index (χ3n) is 3.10. The summed E-state index contributed by atoms with van der Waals surface area (Å²) in [7, 11) is 0. The molecule has 0 fully saturated rings. The van der Waals surface area contributed by atoms with E-state index in [9.17, 15) is 4.79 Å². The number of carbonyl (C=O) groups is 1. The lowest BCUT2D eigenvalue weighted by Crippen LogP contribution is -2.24. The van der Waals surface area contributed by atoms with Crippen LogP contribution in [0.25, 0.3) is 0 Å². The van der Waals surface area contributed by atoms with Crippen LogP contribution in [0.2, 0.25) is 0 Å². The molecule has 0 radical (unpaired) electrons. The van der Waals surface area contributed by atoms with Crippen molar-refractivity contribution >= 4 is 11.6 Å². The Balaban J connectivity index is 2.09. The largest absolute Gasteiger partial charge is 0.285 e. The van der Waals surface area contributed by atoms with Crippen molar-refractivity contribution < 1.29 is 4.79 Å². The van der Waals surface area contributed by atoms with Gasteiger partial charge in [0.2, 0.25) is 5.91 Å². The lowest BCUT2D eigenvalue weighted by Gasteiger charge is -2.20. The molecule has 17 heavy (non-hydrogen) atoms. The SMILES string of the molecule is CCCCCC1=CCC(=O)N1c1ccccc1. The first-order chi connectivity index (χ1) is 8.33. The van der Waals surface area contributed by atoms with Crippen LogP contribution in [0.4, 0.5) is 5.69 Å². The predicted octanol–water partition coefficient (Wildman–Crippen LogP) is 3.89. The summed E-state index contributed by atoms with van der Waals surface area (Å²) >= 11 is 0. The van der Waals surface area contributed by atoms with E-state index >= 15 is 0 Å². The molecule has 1 amide bonds. The number of amides is 1. The molecule has 0 saturated heterocycles. The smallest absolute Gasteiger partial charge is 0.235 e. The first-order valence-electron chi connectivity index (χ1n) is 6.40. The van der Waals surface area contributed by atoms with Crippen molar-refractivity contribution in [3.8, 4) is 0 Å². The van der Waals surface area contributed by atoms with E-state index in [0.717, 1.165) is 12.1 Å². The van der Waals surface area contributed by atoms with Gasteiger partial charge in [-0.3, -0.25) is 9.69 Å². The number of hydrogen-bond acceptors (Lipinski definition) is 1. The van der Waals surface area contributed by atoms with Gasteiger partial charge in [0.05, 0.1) is 0 Å². The zero-order chi connectivity index (χ0) is 12.1. The van der Waals surface area contributed by atoms with Crippen LogP contribution in [0, 0.1) is 0 Å². The van der Waals surface area contributed by atoms with Gasteiger partial charge in [0.15, 0.2) is 0 Å². The number of unbranched alkanes of at least 4 members (excludes halogenated alkanes) is 2. The average molecular weight is 229 g/mol. The highest BCUT2D eigenvalue weighted by Gasteiger charge is 2.24. The number of allylic oxidation sites excluding steroid dienone is 1. The summed E-state index contributed by atoms with van der Waals surface area (Å²) in [6.07, 6.45) is 7.25. The molecular weight excluding hydrogens is 210 g/mol. The topological polar surface area (TPSA) is 20.3 Å². The Morgan fingerprint density at radius 3 is 2.65 bits per heavy atom. The van der Waals surface area contributed by atoms with Crippen molar-refractivity contribution in [2.75, 3.05) is 4.90 Å². The minimum atomic E-state index is 0.197. The van der Waals surface area contributed by atoms with Crippen LogP contribution in [0.15, 0.2) is 42.1 Å². The van der Waals surface area contributed by atoms with E-state index in [4.69, 9.17) is 0 Å². The van der Waals surface area contributed by atoms with Crippen LogP contribution in [-0.2, 0) is 4.79 Å². The van der Waals surface area contributed by atoms with Crippen LogP contribution in [-0.4, -0.2) is 5.91 Å². The Kier molecular flexibility index (Phi) is 3.97. The maximum absolute atomic E-state index is 11.9. The van der Waals surface area contributed by atoms with Gasteiger partial charge in [-0.05, 0) is 25.0 Å². The van der Waals surface area contributed by atoms with Crippen LogP contribution in [0.1, 0.15) is 39.0 Å². The second-order valence-corrected chi connectivity index (χ2v) is 4.42. The van der Waals surface area contributed by atoms with Crippen molar-refractivity contribution in [1.29, 1.82) is 0 Å². The zero-order valence-corrected chi connectivity index (χ0v) is 10.4. The Morgan fingerprint density at radius 1 is 1.18 bits per heavy atom. The minimum Gasteiger partial charge on any atom is -0.285 e. The molecule has 0 atom stereocenters. The normalized spacial score (nSPS) is 15.2. The van der Waals surface area contributed by atoms with Crippen molar-refractivity contribution in [3.05, 3.63) is 42.1 Å². The molecule has 1 heterocycles. The average Bonchev–Trinajstić information content (AvgIpc) is 2.72. The summed E-state index contributed by atoms with van der Waals surface area (Å²) in [5, 5.41) is 0. The Bertz CT molecular complexity index is 408. The van der Waals surface area contributed by atoms with E-state index in [1.807, 2.05) is 35.2 Å². The molecule has 0 unspecified atom stereocenters. The van der Waals surface area contributed by atoms with Gasteiger partial charge in [0.1, 0.15) is 0 Å². The number of para-hydroxylation sites is 1. The standard InChI is InChI=1S/C15H19NO/c1-2-3-5-8-14-11-12-15(17)16(14)13-9-6-4-7-10-13/h4,6-7,9-11H,2-3,5,8,12H2,1H3. The van der Waals surface area contributed by atoms with Gasteiger partial charge in [-0.2, -0.15) is 0 Å². The molecule has 0 saturated carbocycles. The van der Waals surface area contributed by atoms with Gasteiger partial charge in [-0.15, -0.1) is 0 Å². The lowest BCUT2D eigenvalue weighted by atomic mass is 10.1. The number of hydrogen-bond donors (Lipinski definition) is 0. The lowest BCUT2D eigenvalue weighted by molar-refractivity contribution is -0.116. The molecule has 1 aliphatic heterocycles. The third-order valence-corrected chi connectivity index (χ3v) is 3.10. The molecule has 1 aliphatic rings. The molecule has 90 valence electrons. The number of carbonyl (C=O) groups excluding carboxylic acids is 1. The molecule has 0 aromatic heterocycles. The summed E-state index contributed by atoms with van der Waals surface area (Å²) < 4.78 is 0. The molecular formula is C15H19NO. The Labute approximate surface area is 103 Å². The molecule has 2 heteroatoms. The van der Waals surface area contributed by atoms with Gasteiger partial charge < -0.3 is 0 Å². The monoisotopic (exact) mass is 229 g/mol. The summed E-state index contributed by atoms with van der Waals surface area (Å²) in [5.74, 6) is 0.197. The molecule has 0 N–H and O–H groups in total. The van der Waals surface area contributed by atoms with E-state index in [2.05, 4.69) is 13.0 Å². The fraction of sp³-hybridized carbons (Fsp3) is 0.400. The van der Waals surface area contributed by atoms with Gasteiger partial charge >= 0.3 is 0 Å². The zero-order valence-electron chi connectivity index (χ0n) is 10.4. The Morgan fingerprint density at radius 2 is 1.94 bits per heavy atom. The highest BCUT2D eigenvalue weighted by Crippen LogP contribution is 2.28. The number of benzene rings is 1. The van der Waals surface area contributed by atoms with Gasteiger partial charge in [0, 0.05) is 17.8 Å². The summed E-state index contributed by atoms with van der Waals surface area (Å²) in [4.78, 5) is 13.8. The fourth-order valence-electron chi connectivity index (χ4n) is 2.20. The van der Waals surface area contributed by atoms with Gasteiger partial charge in [-0.1, -0.05) is 44.0 Å². The van der Waals surface area contributed by atoms with Gasteiger partial charge in [-0.25, -0.2) is 0 Å². The van der Waals surface area contributed by atoms with Crippen molar-refractivity contribution in [2.45, 2.75) is 39.0 Å².